The molecule has 1 heterocycles. The number of ether oxygens (including phenoxy) is 3. The number of rotatable bonds is 7. The average Bonchev–Trinajstić information content (AvgIpc) is 3.15. The van der Waals surface area contributed by atoms with E-state index in [9.17, 15) is 0 Å². The first-order valence-electron chi connectivity index (χ1n) is 11.4. The molecule has 3 nitrogen and oxygen atoms in total. The van der Waals surface area contributed by atoms with Crippen molar-refractivity contribution in [1.82, 2.24) is 0 Å². The van der Waals surface area contributed by atoms with Gasteiger partial charge in [-0.25, -0.2) is 0 Å². The maximum absolute atomic E-state index is 6.41. The Labute approximate surface area is 165 Å². The van der Waals surface area contributed by atoms with Crippen molar-refractivity contribution < 1.29 is 14.2 Å². The van der Waals surface area contributed by atoms with E-state index in [0.29, 0.717) is 16.9 Å². The third kappa shape index (κ3) is 2.74. The van der Waals surface area contributed by atoms with E-state index >= 15 is 0 Å². The van der Waals surface area contributed by atoms with Crippen LogP contribution in [0.2, 0.25) is 0 Å². The average molecular weight is 375 g/mol. The maximum Gasteiger partial charge on any atom is 0.204 e. The van der Waals surface area contributed by atoms with E-state index in [1.165, 1.54) is 25.0 Å². The predicted octanol–water partition coefficient (Wildman–Crippen LogP) is 5.55. The van der Waals surface area contributed by atoms with Gasteiger partial charge in [0.15, 0.2) is 0 Å². The number of fused-ring (bicyclic) bond motifs is 3. The van der Waals surface area contributed by atoms with Crippen LogP contribution < -0.4 is 0 Å². The summed E-state index contributed by atoms with van der Waals surface area (Å²) in [4.78, 5) is 0. The molecule has 0 amide bonds. The Balaban J connectivity index is 1.16. The monoisotopic (exact) mass is 374 g/mol. The van der Waals surface area contributed by atoms with Gasteiger partial charge in [-0.2, -0.15) is 0 Å². The number of allylic oxidation sites excluding steroid dienone is 2. The van der Waals surface area contributed by atoms with Crippen molar-refractivity contribution in [3.8, 4) is 0 Å². The highest BCUT2D eigenvalue weighted by molar-refractivity contribution is 5.39. The summed E-state index contributed by atoms with van der Waals surface area (Å²) >= 11 is 0. The van der Waals surface area contributed by atoms with E-state index in [1.807, 2.05) is 0 Å². The summed E-state index contributed by atoms with van der Waals surface area (Å²) in [7, 11) is 0. The molecule has 1 saturated heterocycles. The lowest BCUT2D eigenvalue weighted by molar-refractivity contribution is -0.194. The zero-order valence-electron chi connectivity index (χ0n) is 17.9. The molecule has 5 rings (SSSR count). The van der Waals surface area contributed by atoms with Crippen molar-refractivity contribution >= 4 is 0 Å². The molecule has 0 aromatic rings. The van der Waals surface area contributed by atoms with Crippen molar-refractivity contribution in [2.75, 3.05) is 13.2 Å². The molecule has 1 spiro atoms. The van der Waals surface area contributed by atoms with Crippen molar-refractivity contribution in [3.05, 3.63) is 11.8 Å². The lowest BCUT2D eigenvalue weighted by Crippen LogP contribution is -2.32. The zero-order chi connectivity index (χ0) is 19.0. The van der Waals surface area contributed by atoms with Crippen molar-refractivity contribution in [1.29, 1.82) is 0 Å². The Bertz CT molecular complexity index is 624. The van der Waals surface area contributed by atoms with Crippen molar-refractivity contribution in [2.45, 2.75) is 85.0 Å². The molecular formula is C24H38O3. The fourth-order valence-corrected chi connectivity index (χ4v) is 7.68. The molecule has 4 aliphatic carbocycles. The Hall–Kier alpha value is -0.540. The van der Waals surface area contributed by atoms with Crippen molar-refractivity contribution in [3.63, 3.8) is 0 Å². The lowest BCUT2D eigenvalue weighted by atomic mass is 9.74. The molecule has 7 atom stereocenters. The SMILES string of the molecule is CC1C2C3C(C4CCC(OC(C)(C)OCCCC5CCCO5)=CC142)C3(C)C. The van der Waals surface area contributed by atoms with Crippen LogP contribution >= 0.6 is 0 Å². The molecule has 27 heavy (non-hydrogen) atoms. The second kappa shape index (κ2) is 5.98. The van der Waals surface area contributed by atoms with E-state index < -0.39 is 5.79 Å². The topological polar surface area (TPSA) is 27.7 Å². The fourth-order valence-electron chi connectivity index (χ4n) is 7.68. The van der Waals surface area contributed by atoms with Crippen LogP contribution in [0.1, 0.15) is 73.1 Å². The van der Waals surface area contributed by atoms with Gasteiger partial charge in [0.1, 0.15) is 0 Å². The minimum atomic E-state index is -0.528. The van der Waals surface area contributed by atoms with Gasteiger partial charge in [0.2, 0.25) is 5.79 Å². The van der Waals surface area contributed by atoms with Gasteiger partial charge < -0.3 is 14.2 Å². The predicted molar refractivity (Wildman–Crippen MR) is 106 cm³/mol. The van der Waals surface area contributed by atoms with E-state index in [-0.39, 0.29) is 0 Å². The van der Waals surface area contributed by atoms with E-state index in [2.05, 4.69) is 40.7 Å². The van der Waals surface area contributed by atoms with Crippen molar-refractivity contribution in [2.24, 2.45) is 40.4 Å². The lowest BCUT2D eigenvalue weighted by Gasteiger charge is -2.35. The first kappa shape index (κ1) is 18.5. The second-order valence-electron chi connectivity index (χ2n) is 11.1. The molecule has 3 saturated carbocycles. The van der Waals surface area contributed by atoms with Crippen LogP contribution in [0, 0.1) is 40.4 Å². The largest absolute Gasteiger partial charge is 0.468 e. The van der Waals surface area contributed by atoms with Gasteiger partial charge in [0.05, 0.1) is 18.5 Å². The van der Waals surface area contributed by atoms with Crippen LogP contribution in [-0.2, 0) is 14.2 Å². The Morgan fingerprint density at radius 3 is 2.74 bits per heavy atom. The van der Waals surface area contributed by atoms with E-state index in [4.69, 9.17) is 14.2 Å². The maximum atomic E-state index is 6.41. The van der Waals surface area contributed by atoms with Gasteiger partial charge in [-0.3, -0.25) is 0 Å². The molecular weight excluding hydrogens is 336 g/mol. The summed E-state index contributed by atoms with van der Waals surface area (Å²) in [5.74, 6) is 5.27. The Morgan fingerprint density at radius 2 is 2.00 bits per heavy atom. The molecule has 4 fully saturated rings. The minimum absolute atomic E-state index is 0.459. The van der Waals surface area contributed by atoms with Crippen LogP contribution in [-0.4, -0.2) is 25.1 Å². The zero-order valence-corrected chi connectivity index (χ0v) is 17.9. The highest BCUT2D eigenvalue weighted by Crippen LogP contribution is 2.89. The molecule has 0 bridgehead atoms. The van der Waals surface area contributed by atoms with Gasteiger partial charge in [0, 0.05) is 32.3 Å². The molecule has 0 radical (unpaired) electrons. The number of hydrogen-bond donors (Lipinski definition) is 0. The van der Waals surface area contributed by atoms with Gasteiger partial charge in [0.25, 0.3) is 0 Å². The molecule has 3 heteroatoms. The minimum Gasteiger partial charge on any atom is -0.468 e. The van der Waals surface area contributed by atoms with Crippen LogP contribution in [0.3, 0.4) is 0 Å². The normalized spacial score (nSPS) is 46.3. The summed E-state index contributed by atoms with van der Waals surface area (Å²) in [5.41, 5.74) is 1.07. The number of hydrogen-bond acceptors (Lipinski definition) is 3. The highest BCUT2D eigenvalue weighted by atomic mass is 16.7. The van der Waals surface area contributed by atoms with Crippen LogP contribution in [0.5, 0.6) is 0 Å². The van der Waals surface area contributed by atoms with Crippen LogP contribution in [0.4, 0.5) is 0 Å². The smallest absolute Gasteiger partial charge is 0.204 e. The summed E-state index contributed by atoms with van der Waals surface area (Å²) in [6.45, 7) is 13.3. The Kier molecular flexibility index (Phi) is 4.10. The van der Waals surface area contributed by atoms with Crippen LogP contribution in [0.15, 0.2) is 11.8 Å². The first-order chi connectivity index (χ1) is 12.8. The van der Waals surface area contributed by atoms with E-state index in [0.717, 1.165) is 62.1 Å². The molecule has 0 N–H and O–H groups in total. The summed E-state index contributed by atoms with van der Waals surface area (Å²) in [6, 6.07) is 0. The van der Waals surface area contributed by atoms with E-state index in [1.54, 1.807) is 0 Å². The van der Waals surface area contributed by atoms with Gasteiger partial charge >= 0.3 is 0 Å². The standard InChI is InChI=1S/C24H38O3/c1-15-19-21-20(22(21,2)3)18-11-10-17(14-24(15,18)19)27-23(4,5)26-13-7-9-16-8-6-12-25-16/h14-16,18-21H,6-13H2,1-5H3. The molecule has 152 valence electrons. The molecule has 1 aliphatic heterocycles. The summed E-state index contributed by atoms with van der Waals surface area (Å²) < 4.78 is 18.2. The molecule has 5 aliphatic rings. The molecule has 7 unspecified atom stereocenters. The fraction of sp³-hybridized carbons (Fsp3) is 0.917. The third-order valence-corrected chi connectivity index (χ3v) is 8.89. The Morgan fingerprint density at radius 1 is 1.19 bits per heavy atom. The van der Waals surface area contributed by atoms with Gasteiger partial charge in [-0.05, 0) is 73.2 Å². The highest BCUT2D eigenvalue weighted by Gasteiger charge is 2.85. The molecule has 0 aromatic carbocycles. The third-order valence-electron chi connectivity index (χ3n) is 8.89. The quantitative estimate of drug-likeness (QED) is 0.432. The summed E-state index contributed by atoms with van der Waals surface area (Å²) in [6.07, 6.45) is 10.0. The molecule has 0 aromatic heterocycles. The second-order valence-corrected chi connectivity index (χ2v) is 11.1. The van der Waals surface area contributed by atoms with Crippen LogP contribution in [0.25, 0.3) is 0 Å². The first-order valence-corrected chi connectivity index (χ1v) is 11.4. The van der Waals surface area contributed by atoms with Gasteiger partial charge in [-0.1, -0.05) is 20.8 Å². The summed E-state index contributed by atoms with van der Waals surface area (Å²) in [5, 5.41) is 0. The van der Waals surface area contributed by atoms with Gasteiger partial charge in [-0.15, -0.1) is 0 Å².